The van der Waals surface area contributed by atoms with E-state index in [1.807, 2.05) is 0 Å². The van der Waals surface area contributed by atoms with E-state index >= 15 is 0 Å². The number of carbonyl (C=O) groups is 2. The maximum Gasteiger partial charge on any atom is 0.258 e. The van der Waals surface area contributed by atoms with Gasteiger partial charge in [-0.3, -0.25) is 9.59 Å². The van der Waals surface area contributed by atoms with Crippen LogP contribution in [-0.4, -0.2) is 38.5 Å². The molecule has 0 aliphatic rings. The van der Waals surface area contributed by atoms with Crippen molar-refractivity contribution >= 4 is 27.4 Å². The minimum Gasteiger partial charge on any atom is -0.322 e. The molecule has 0 aromatic heterocycles. The molecule has 0 aliphatic heterocycles. The zero-order valence-corrected chi connectivity index (χ0v) is 14.7. The molecule has 0 radical (unpaired) electrons. The predicted molar refractivity (Wildman–Crippen MR) is 91.7 cm³/mol. The van der Waals surface area contributed by atoms with Gasteiger partial charge in [-0.25, -0.2) is 17.1 Å². The number of nitrogens with one attached hydrogen (secondary N) is 1. The van der Waals surface area contributed by atoms with Crippen molar-refractivity contribution in [2.75, 3.05) is 19.4 Å². The van der Waals surface area contributed by atoms with Crippen LogP contribution in [-0.2, 0) is 10.0 Å². The molecular weight excluding hydrogens is 347 g/mol. The van der Waals surface area contributed by atoms with Crippen LogP contribution in [0.5, 0.6) is 0 Å². The lowest BCUT2D eigenvalue weighted by Crippen LogP contribution is -2.23. The molecule has 2 aromatic carbocycles. The summed E-state index contributed by atoms with van der Waals surface area (Å²) in [7, 11) is -1.10. The van der Waals surface area contributed by atoms with Crippen LogP contribution in [0.15, 0.2) is 47.4 Å². The Bertz CT molecular complexity index is 922. The molecule has 0 saturated heterocycles. The Balaban J connectivity index is 2.31. The van der Waals surface area contributed by atoms with Gasteiger partial charge in [0, 0.05) is 25.3 Å². The topological polar surface area (TPSA) is 83.5 Å². The van der Waals surface area contributed by atoms with Crippen molar-refractivity contribution in [2.45, 2.75) is 11.8 Å². The molecule has 132 valence electrons. The zero-order chi connectivity index (χ0) is 18.8. The lowest BCUT2D eigenvalue weighted by molar-refractivity contribution is 0.101. The summed E-state index contributed by atoms with van der Waals surface area (Å²) in [5, 5.41) is 2.47. The Kier molecular flexibility index (Phi) is 5.34. The first-order valence-corrected chi connectivity index (χ1v) is 8.71. The second-order valence-electron chi connectivity index (χ2n) is 5.52. The number of nitrogens with zero attached hydrogens (tertiary/aromatic N) is 1. The summed E-state index contributed by atoms with van der Waals surface area (Å²) >= 11 is 0. The zero-order valence-electron chi connectivity index (χ0n) is 13.9. The Morgan fingerprint density at radius 3 is 2.16 bits per heavy atom. The average molecular weight is 364 g/mol. The first-order chi connectivity index (χ1) is 11.6. The molecule has 1 N–H and O–H groups in total. The highest BCUT2D eigenvalue weighted by molar-refractivity contribution is 7.89. The quantitative estimate of drug-likeness (QED) is 0.827. The molecule has 0 fully saturated rings. The van der Waals surface area contributed by atoms with Gasteiger partial charge < -0.3 is 5.32 Å². The van der Waals surface area contributed by atoms with Gasteiger partial charge in [0.1, 0.15) is 5.82 Å². The fourth-order valence-electron chi connectivity index (χ4n) is 2.04. The van der Waals surface area contributed by atoms with E-state index in [1.165, 1.54) is 45.3 Å². The molecule has 0 unspecified atom stereocenters. The van der Waals surface area contributed by atoms with Crippen LogP contribution in [0.4, 0.5) is 10.1 Å². The van der Waals surface area contributed by atoms with Gasteiger partial charge in [-0.2, -0.15) is 0 Å². The fraction of sp³-hybridized carbons (Fsp3) is 0.176. The van der Waals surface area contributed by atoms with Gasteiger partial charge in [-0.1, -0.05) is 0 Å². The Hall–Kier alpha value is -2.58. The summed E-state index contributed by atoms with van der Waals surface area (Å²) in [5.74, 6) is -1.75. The minimum atomic E-state index is -3.79. The van der Waals surface area contributed by atoms with Crippen LogP contribution in [0.1, 0.15) is 27.6 Å². The summed E-state index contributed by atoms with van der Waals surface area (Å²) in [5.41, 5.74) is 0.442. The Morgan fingerprint density at radius 2 is 1.64 bits per heavy atom. The smallest absolute Gasteiger partial charge is 0.258 e. The monoisotopic (exact) mass is 364 g/mol. The van der Waals surface area contributed by atoms with Gasteiger partial charge in [0.25, 0.3) is 5.91 Å². The fourth-order valence-corrected chi connectivity index (χ4v) is 2.96. The first kappa shape index (κ1) is 18.8. The van der Waals surface area contributed by atoms with Crippen LogP contribution < -0.4 is 5.32 Å². The van der Waals surface area contributed by atoms with Crippen molar-refractivity contribution in [3.63, 3.8) is 0 Å². The van der Waals surface area contributed by atoms with Crippen molar-refractivity contribution in [2.24, 2.45) is 0 Å². The third-order valence-corrected chi connectivity index (χ3v) is 5.32. The number of Topliss-reactive ketones (excluding diaryl/α,β-unsaturated/α-hetero) is 1. The van der Waals surface area contributed by atoms with E-state index in [0.717, 1.165) is 22.5 Å². The summed E-state index contributed by atoms with van der Waals surface area (Å²) in [6.07, 6.45) is 0. The molecule has 0 spiro atoms. The molecule has 2 aromatic rings. The van der Waals surface area contributed by atoms with E-state index in [-0.39, 0.29) is 10.7 Å². The number of hydrogen-bond acceptors (Lipinski definition) is 4. The van der Waals surface area contributed by atoms with Crippen LogP contribution in [0.25, 0.3) is 0 Å². The molecular formula is C17H17FN2O4S. The van der Waals surface area contributed by atoms with Crippen LogP contribution in [0.3, 0.4) is 0 Å². The average Bonchev–Trinajstić information content (AvgIpc) is 2.55. The molecule has 0 heterocycles. The van der Waals surface area contributed by atoms with Crippen molar-refractivity contribution in [3.8, 4) is 0 Å². The summed E-state index contributed by atoms with van der Waals surface area (Å²) < 4.78 is 39.2. The van der Waals surface area contributed by atoms with Gasteiger partial charge in [-0.15, -0.1) is 0 Å². The van der Waals surface area contributed by atoms with Gasteiger partial charge in [0.2, 0.25) is 10.0 Å². The van der Waals surface area contributed by atoms with E-state index in [4.69, 9.17) is 0 Å². The summed E-state index contributed by atoms with van der Waals surface area (Å²) in [6, 6.07) is 9.10. The van der Waals surface area contributed by atoms with E-state index in [2.05, 4.69) is 5.32 Å². The number of ketones is 1. The minimum absolute atomic E-state index is 0.120. The largest absolute Gasteiger partial charge is 0.322 e. The van der Waals surface area contributed by atoms with E-state index < -0.39 is 27.3 Å². The second kappa shape index (κ2) is 7.12. The molecule has 1 amide bonds. The highest BCUT2D eigenvalue weighted by atomic mass is 32.2. The second-order valence-corrected chi connectivity index (χ2v) is 7.67. The normalized spacial score (nSPS) is 11.4. The van der Waals surface area contributed by atoms with Crippen molar-refractivity contribution in [1.29, 1.82) is 0 Å². The number of benzene rings is 2. The first-order valence-electron chi connectivity index (χ1n) is 7.27. The number of carbonyl (C=O) groups excluding carboxylic acids is 2. The molecule has 6 nitrogen and oxygen atoms in total. The number of halogens is 1. The third-order valence-electron chi connectivity index (χ3n) is 3.51. The van der Waals surface area contributed by atoms with Gasteiger partial charge in [0.05, 0.1) is 10.5 Å². The highest BCUT2D eigenvalue weighted by Crippen LogP contribution is 2.19. The lowest BCUT2D eigenvalue weighted by atomic mass is 10.1. The Morgan fingerprint density at radius 1 is 1.04 bits per heavy atom. The number of rotatable bonds is 5. The van der Waals surface area contributed by atoms with Gasteiger partial charge in [0.15, 0.2) is 5.78 Å². The number of anilines is 1. The van der Waals surface area contributed by atoms with Gasteiger partial charge >= 0.3 is 0 Å². The molecule has 8 heteroatoms. The van der Waals surface area contributed by atoms with Crippen molar-refractivity contribution in [3.05, 3.63) is 59.4 Å². The molecule has 2 rings (SSSR count). The summed E-state index contributed by atoms with van der Waals surface area (Å²) in [6.45, 7) is 1.42. The standard InChI is InChI=1S/C17H17FN2O4S/c1-11(21)12-4-6-13(7-5-12)19-17(22)15-10-14(8-9-16(15)18)25(23,24)20(2)3/h4-10H,1-3H3,(H,19,22). The van der Waals surface area contributed by atoms with Crippen LogP contribution in [0, 0.1) is 5.82 Å². The Labute approximate surface area is 145 Å². The predicted octanol–water partition coefficient (Wildman–Crippen LogP) is 2.53. The number of sulfonamides is 1. The maximum atomic E-state index is 14.0. The summed E-state index contributed by atoms with van der Waals surface area (Å²) in [4.78, 5) is 23.3. The number of amides is 1. The maximum absolute atomic E-state index is 14.0. The molecule has 0 aliphatic carbocycles. The van der Waals surface area contributed by atoms with Crippen LogP contribution in [0.2, 0.25) is 0 Å². The molecule has 0 saturated carbocycles. The SMILES string of the molecule is CC(=O)c1ccc(NC(=O)c2cc(S(=O)(=O)N(C)C)ccc2F)cc1. The van der Waals surface area contributed by atoms with Gasteiger partial charge in [-0.05, 0) is 49.4 Å². The van der Waals surface area contributed by atoms with Crippen molar-refractivity contribution in [1.82, 2.24) is 4.31 Å². The van der Waals surface area contributed by atoms with E-state index in [1.54, 1.807) is 0 Å². The number of hydrogen-bond donors (Lipinski definition) is 1. The molecule has 25 heavy (non-hydrogen) atoms. The van der Waals surface area contributed by atoms with Crippen molar-refractivity contribution < 1.29 is 22.4 Å². The molecule has 0 atom stereocenters. The lowest BCUT2D eigenvalue weighted by Gasteiger charge is -2.13. The third kappa shape index (κ3) is 4.09. The van der Waals surface area contributed by atoms with E-state index in [9.17, 15) is 22.4 Å². The van der Waals surface area contributed by atoms with Crippen LogP contribution >= 0.6 is 0 Å². The molecule has 0 bridgehead atoms. The highest BCUT2D eigenvalue weighted by Gasteiger charge is 2.21. The van der Waals surface area contributed by atoms with E-state index in [0.29, 0.717) is 11.3 Å².